The van der Waals surface area contributed by atoms with Crippen molar-refractivity contribution in [2.75, 3.05) is 20.2 Å². The van der Waals surface area contributed by atoms with Crippen LogP contribution in [-0.4, -0.2) is 32.2 Å². The Bertz CT molecular complexity index is 466. The lowest BCUT2D eigenvalue weighted by Gasteiger charge is -2.19. The van der Waals surface area contributed by atoms with E-state index in [4.69, 9.17) is 26.8 Å². The van der Waals surface area contributed by atoms with Crippen molar-refractivity contribution in [1.82, 2.24) is 5.32 Å². The average Bonchev–Trinajstić information content (AvgIpc) is 2.41. The molecule has 1 atom stereocenters. The van der Waals surface area contributed by atoms with Gasteiger partial charge in [0, 0.05) is 23.2 Å². The largest absolute Gasteiger partial charge is 0.493 e. The number of halogens is 1. The standard InChI is InChI=1S/C14H21ClN2O3/c1-4-17-14(18)9(2)20-13-10(5-6-16)7-11(15)8-12(13)19-3/h7-9H,4-6,16H2,1-3H3,(H,17,18). The minimum Gasteiger partial charge on any atom is -0.493 e. The molecule has 1 unspecified atom stereocenters. The maximum Gasteiger partial charge on any atom is 0.260 e. The number of carbonyl (C=O) groups is 1. The van der Waals surface area contributed by atoms with Gasteiger partial charge in [0.1, 0.15) is 0 Å². The lowest BCUT2D eigenvalue weighted by atomic mass is 10.1. The summed E-state index contributed by atoms with van der Waals surface area (Å²) in [5.41, 5.74) is 6.42. The van der Waals surface area contributed by atoms with Crippen LogP contribution in [0.2, 0.25) is 5.02 Å². The molecule has 0 aromatic heterocycles. The van der Waals surface area contributed by atoms with Gasteiger partial charge in [0.15, 0.2) is 17.6 Å². The third-order valence-electron chi connectivity index (χ3n) is 2.74. The summed E-state index contributed by atoms with van der Waals surface area (Å²) in [7, 11) is 1.53. The highest BCUT2D eigenvalue weighted by atomic mass is 35.5. The molecule has 0 fully saturated rings. The first-order valence-electron chi connectivity index (χ1n) is 6.54. The SMILES string of the molecule is CCNC(=O)C(C)Oc1c(CCN)cc(Cl)cc1OC. The Balaban J connectivity index is 3.04. The van der Waals surface area contributed by atoms with E-state index in [0.717, 1.165) is 5.56 Å². The first-order valence-corrected chi connectivity index (χ1v) is 6.92. The van der Waals surface area contributed by atoms with Crippen LogP contribution in [-0.2, 0) is 11.2 Å². The Kier molecular flexibility index (Phi) is 6.61. The van der Waals surface area contributed by atoms with Crippen molar-refractivity contribution < 1.29 is 14.3 Å². The molecule has 3 N–H and O–H groups in total. The molecule has 0 aliphatic carbocycles. The highest BCUT2D eigenvalue weighted by Gasteiger charge is 2.19. The van der Waals surface area contributed by atoms with Crippen LogP contribution in [0.1, 0.15) is 19.4 Å². The zero-order chi connectivity index (χ0) is 15.1. The Morgan fingerprint density at radius 3 is 2.75 bits per heavy atom. The minimum atomic E-state index is -0.624. The Morgan fingerprint density at radius 1 is 1.50 bits per heavy atom. The van der Waals surface area contributed by atoms with Crippen LogP contribution in [0.25, 0.3) is 0 Å². The van der Waals surface area contributed by atoms with Gasteiger partial charge in [-0.2, -0.15) is 0 Å². The summed E-state index contributed by atoms with van der Waals surface area (Å²) in [6, 6.07) is 3.43. The van der Waals surface area contributed by atoms with E-state index in [1.165, 1.54) is 7.11 Å². The van der Waals surface area contributed by atoms with Gasteiger partial charge in [-0.3, -0.25) is 4.79 Å². The third-order valence-corrected chi connectivity index (χ3v) is 2.96. The lowest BCUT2D eigenvalue weighted by Crippen LogP contribution is -2.36. The second kappa shape index (κ2) is 7.97. The van der Waals surface area contributed by atoms with Crippen LogP contribution in [0.3, 0.4) is 0 Å². The predicted molar refractivity (Wildman–Crippen MR) is 79.5 cm³/mol. The number of benzene rings is 1. The van der Waals surface area contributed by atoms with E-state index >= 15 is 0 Å². The van der Waals surface area contributed by atoms with Crippen molar-refractivity contribution in [2.24, 2.45) is 5.73 Å². The van der Waals surface area contributed by atoms with Crippen LogP contribution >= 0.6 is 11.6 Å². The van der Waals surface area contributed by atoms with Crippen LogP contribution < -0.4 is 20.5 Å². The third kappa shape index (κ3) is 4.28. The number of carbonyl (C=O) groups excluding carboxylic acids is 1. The highest BCUT2D eigenvalue weighted by Crippen LogP contribution is 2.35. The summed E-state index contributed by atoms with van der Waals surface area (Å²) in [4.78, 5) is 11.8. The molecular weight excluding hydrogens is 280 g/mol. The fraction of sp³-hybridized carbons (Fsp3) is 0.500. The molecule has 1 amide bonds. The summed E-state index contributed by atoms with van der Waals surface area (Å²) < 4.78 is 11.0. The monoisotopic (exact) mass is 300 g/mol. The Hall–Kier alpha value is -1.46. The number of nitrogens with one attached hydrogen (secondary N) is 1. The van der Waals surface area contributed by atoms with Crippen molar-refractivity contribution in [3.05, 3.63) is 22.7 Å². The van der Waals surface area contributed by atoms with Crippen LogP contribution in [0, 0.1) is 0 Å². The van der Waals surface area contributed by atoms with Crippen LogP contribution in [0.4, 0.5) is 0 Å². The molecule has 1 aromatic carbocycles. The summed E-state index contributed by atoms with van der Waals surface area (Å²) in [5, 5.41) is 3.26. The fourth-order valence-corrected chi connectivity index (χ4v) is 2.03. The maximum atomic E-state index is 11.8. The van der Waals surface area contributed by atoms with E-state index in [-0.39, 0.29) is 5.91 Å². The molecule has 0 bridgehead atoms. The predicted octanol–water partition coefficient (Wildman–Crippen LogP) is 1.75. The fourth-order valence-electron chi connectivity index (χ4n) is 1.80. The van der Waals surface area contributed by atoms with E-state index in [1.54, 1.807) is 19.1 Å². The van der Waals surface area contributed by atoms with Gasteiger partial charge in [-0.25, -0.2) is 0 Å². The summed E-state index contributed by atoms with van der Waals surface area (Å²) >= 11 is 6.03. The summed E-state index contributed by atoms with van der Waals surface area (Å²) in [5.74, 6) is 0.835. The number of amides is 1. The number of hydrogen-bond donors (Lipinski definition) is 2. The number of nitrogens with two attached hydrogens (primary N) is 1. The molecule has 5 nitrogen and oxygen atoms in total. The van der Waals surface area contributed by atoms with Crippen LogP contribution in [0.5, 0.6) is 11.5 Å². The smallest absolute Gasteiger partial charge is 0.260 e. The second-order valence-corrected chi connectivity index (χ2v) is 4.73. The van der Waals surface area contributed by atoms with Gasteiger partial charge < -0.3 is 20.5 Å². The molecule has 0 radical (unpaired) electrons. The topological polar surface area (TPSA) is 73.6 Å². The first-order chi connectivity index (χ1) is 9.53. The number of ether oxygens (including phenoxy) is 2. The van der Waals surface area contributed by atoms with Crippen molar-refractivity contribution in [3.63, 3.8) is 0 Å². The zero-order valence-electron chi connectivity index (χ0n) is 12.0. The molecule has 112 valence electrons. The summed E-state index contributed by atoms with van der Waals surface area (Å²) in [6.07, 6.45) is -0.0319. The van der Waals surface area contributed by atoms with Crippen LogP contribution in [0.15, 0.2) is 12.1 Å². The van der Waals surface area contributed by atoms with Crippen molar-refractivity contribution in [2.45, 2.75) is 26.4 Å². The van der Waals surface area contributed by atoms with Gasteiger partial charge in [-0.15, -0.1) is 0 Å². The quantitative estimate of drug-likeness (QED) is 0.804. The molecule has 0 aliphatic heterocycles. The molecule has 1 aromatic rings. The normalized spacial score (nSPS) is 11.8. The molecule has 0 saturated heterocycles. The zero-order valence-corrected chi connectivity index (χ0v) is 12.8. The Labute approximate surface area is 124 Å². The number of likely N-dealkylation sites (N-methyl/N-ethyl adjacent to an activating group) is 1. The molecule has 20 heavy (non-hydrogen) atoms. The first kappa shape index (κ1) is 16.6. The molecule has 0 heterocycles. The summed E-state index contributed by atoms with van der Waals surface area (Å²) in [6.45, 7) is 4.55. The number of rotatable bonds is 7. The van der Waals surface area contributed by atoms with E-state index in [2.05, 4.69) is 5.32 Å². The molecule has 0 aliphatic rings. The van der Waals surface area contributed by atoms with E-state index in [9.17, 15) is 4.79 Å². The van der Waals surface area contributed by atoms with Gasteiger partial charge in [0.2, 0.25) is 0 Å². The van der Waals surface area contributed by atoms with Gasteiger partial charge in [-0.1, -0.05) is 11.6 Å². The van der Waals surface area contributed by atoms with Crippen molar-refractivity contribution >= 4 is 17.5 Å². The molecule has 1 rings (SSSR count). The average molecular weight is 301 g/mol. The number of hydrogen-bond acceptors (Lipinski definition) is 4. The Morgan fingerprint density at radius 2 is 2.20 bits per heavy atom. The van der Waals surface area contributed by atoms with Crippen molar-refractivity contribution in [3.8, 4) is 11.5 Å². The van der Waals surface area contributed by atoms with Gasteiger partial charge in [-0.05, 0) is 32.9 Å². The highest BCUT2D eigenvalue weighted by molar-refractivity contribution is 6.30. The lowest BCUT2D eigenvalue weighted by molar-refractivity contribution is -0.127. The second-order valence-electron chi connectivity index (χ2n) is 4.29. The van der Waals surface area contributed by atoms with E-state index < -0.39 is 6.10 Å². The van der Waals surface area contributed by atoms with E-state index in [1.807, 2.05) is 6.92 Å². The molecule has 0 spiro atoms. The van der Waals surface area contributed by atoms with Gasteiger partial charge in [0.05, 0.1) is 7.11 Å². The number of methoxy groups -OCH3 is 1. The maximum absolute atomic E-state index is 11.8. The molecule has 0 saturated carbocycles. The minimum absolute atomic E-state index is 0.178. The van der Waals surface area contributed by atoms with E-state index in [0.29, 0.717) is 36.0 Å². The molecular formula is C14H21ClN2O3. The van der Waals surface area contributed by atoms with Gasteiger partial charge >= 0.3 is 0 Å². The van der Waals surface area contributed by atoms with Gasteiger partial charge in [0.25, 0.3) is 5.91 Å². The molecule has 6 heteroatoms. The van der Waals surface area contributed by atoms with Crippen molar-refractivity contribution in [1.29, 1.82) is 0 Å².